The molecule has 0 bridgehead atoms. The summed E-state index contributed by atoms with van der Waals surface area (Å²) in [5, 5.41) is 0. The summed E-state index contributed by atoms with van der Waals surface area (Å²) in [4.78, 5) is 17.0. The molecule has 0 aliphatic heterocycles. The summed E-state index contributed by atoms with van der Waals surface area (Å²) < 4.78 is 8.52. The maximum Gasteiger partial charge on any atom is 4.00 e. The number of rotatable bonds is 0. The Morgan fingerprint density at radius 2 is 1.40 bits per heavy atom. The van der Waals surface area contributed by atoms with Crippen LogP contribution >= 0.6 is 0 Å². The standard InChI is InChI=1S/O3Si.Zr/c1-4(2)3;/q-2;+4. The van der Waals surface area contributed by atoms with Gasteiger partial charge in [0.2, 0.25) is 0 Å². The van der Waals surface area contributed by atoms with E-state index in [0.717, 1.165) is 0 Å². The van der Waals surface area contributed by atoms with Crippen LogP contribution in [0.15, 0.2) is 0 Å². The Balaban J connectivity index is 0. The Morgan fingerprint density at radius 3 is 1.40 bits per heavy atom. The van der Waals surface area contributed by atoms with E-state index in [9.17, 15) is 0 Å². The van der Waals surface area contributed by atoms with Crippen LogP contribution in [-0.2, 0) is 30.7 Å². The second kappa shape index (κ2) is 4.50. The fraction of sp³-hybridized carbons (Fsp3) is 0. The van der Waals surface area contributed by atoms with Crippen molar-refractivity contribution in [3.63, 3.8) is 0 Å². The average Bonchev–Trinajstić information content (AvgIpc) is 0.811. The van der Waals surface area contributed by atoms with Crippen LogP contribution in [0.5, 0.6) is 0 Å². The third kappa shape index (κ3) is 113. The van der Waals surface area contributed by atoms with Crippen molar-refractivity contribution >= 4 is 9.17 Å². The zero-order valence-corrected chi connectivity index (χ0v) is 5.68. The molecule has 5 heteroatoms. The summed E-state index contributed by atoms with van der Waals surface area (Å²) in [6, 6.07) is 0. The summed E-state index contributed by atoms with van der Waals surface area (Å²) in [5.74, 6) is 0. The summed E-state index contributed by atoms with van der Waals surface area (Å²) in [6.07, 6.45) is 0. The molecule has 0 fully saturated rings. The van der Waals surface area contributed by atoms with E-state index in [0.29, 0.717) is 0 Å². The van der Waals surface area contributed by atoms with Crippen LogP contribution in [0.25, 0.3) is 0 Å². The van der Waals surface area contributed by atoms with Gasteiger partial charge in [-0.25, -0.2) is 0 Å². The minimum Gasteiger partial charge on any atom is -0.672 e. The van der Waals surface area contributed by atoms with Gasteiger partial charge in [0.05, 0.1) is 0 Å². The van der Waals surface area contributed by atoms with E-state index in [1.54, 1.807) is 0 Å². The molecule has 0 heterocycles. The van der Waals surface area contributed by atoms with Crippen molar-refractivity contribution in [2.45, 2.75) is 0 Å². The maximum atomic E-state index is 8.52. The molecule has 0 rings (SSSR count). The van der Waals surface area contributed by atoms with Gasteiger partial charge >= 0.3 is 26.2 Å². The Kier molecular flexibility index (Phi) is 8.18. The summed E-state index contributed by atoms with van der Waals surface area (Å²) >= 11 is 0. The fourth-order valence-electron chi connectivity index (χ4n) is 0. The SMILES string of the molecule is O=[Si]([O-])[O-].[Zr+4]. The van der Waals surface area contributed by atoms with Crippen LogP contribution < -0.4 is 9.59 Å². The molecule has 3 nitrogen and oxygen atoms in total. The molecule has 0 radical (unpaired) electrons. The Hall–Kier alpha value is 0.500. The number of hydrogen-bond donors (Lipinski definition) is 0. The molecular weight excluding hydrogens is 167 g/mol. The van der Waals surface area contributed by atoms with E-state index in [2.05, 4.69) is 0 Å². The molecule has 0 atom stereocenters. The average molecular weight is 167 g/mol. The maximum absolute atomic E-state index is 8.52. The third-order valence-electron chi connectivity index (χ3n) is 0. The van der Waals surface area contributed by atoms with Gasteiger partial charge in [0.1, 0.15) is 0 Å². The second-order valence-corrected chi connectivity index (χ2v) is 0.750. The summed E-state index contributed by atoms with van der Waals surface area (Å²) in [5.41, 5.74) is 0. The molecule has 0 saturated heterocycles. The van der Waals surface area contributed by atoms with Crippen LogP contribution in [0.4, 0.5) is 0 Å². The zero-order chi connectivity index (χ0) is 3.58. The van der Waals surface area contributed by atoms with Gasteiger partial charge in [0, 0.05) is 9.17 Å². The quantitative estimate of drug-likeness (QED) is 0.364. The van der Waals surface area contributed by atoms with Gasteiger partial charge in [0.15, 0.2) is 0 Å². The first-order valence-electron chi connectivity index (χ1n) is 0.612. The Morgan fingerprint density at radius 1 is 1.40 bits per heavy atom. The third-order valence-corrected chi connectivity index (χ3v) is 0. The summed E-state index contributed by atoms with van der Waals surface area (Å²) in [6.45, 7) is 0. The van der Waals surface area contributed by atoms with Gasteiger partial charge in [-0.05, 0) is 0 Å². The fourth-order valence-corrected chi connectivity index (χ4v) is 0. The first-order valence-corrected chi connectivity index (χ1v) is 1.84. The van der Waals surface area contributed by atoms with Crippen molar-refractivity contribution < 1.29 is 40.3 Å². The molecule has 24 valence electrons. The smallest absolute Gasteiger partial charge is 0.672 e. The molecule has 0 spiro atoms. The van der Waals surface area contributed by atoms with Crippen LogP contribution in [0.2, 0.25) is 0 Å². The van der Waals surface area contributed by atoms with E-state index in [1.165, 1.54) is 0 Å². The molecular formula is O3SiZr+2. The molecule has 0 aromatic rings. The predicted octanol–water partition coefficient (Wildman–Crippen LogP) is -2.88. The first kappa shape index (κ1) is 9.09. The van der Waals surface area contributed by atoms with Crippen molar-refractivity contribution in [1.29, 1.82) is 0 Å². The van der Waals surface area contributed by atoms with Crippen LogP contribution in [0.1, 0.15) is 0 Å². The van der Waals surface area contributed by atoms with Crippen LogP contribution in [0.3, 0.4) is 0 Å². The second-order valence-electron chi connectivity index (χ2n) is 0.250. The zero-order valence-electron chi connectivity index (χ0n) is 2.22. The van der Waals surface area contributed by atoms with Gasteiger partial charge in [-0.1, -0.05) is 0 Å². The molecule has 0 N–H and O–H groups in total. The molecule has 0 saturated carbocycles. The first-order chi connectivity index (χ1) is 1.73. The van der Waals surface area contributed by atoms with Crippen molar-refractivity contribution in [2.24, 2.45) is 0 Å². The molecule has 0 amide bonds. The van der Waals surface area contributed by atoms with Gasteiger partial charge in [-0.3, -0.25) is 0 Å². The van der Waals surface area contributed by atoms with Crippen LogP contribution in [-0.4, -0.2) is 9.17 Å². The normalized spacial score (nSPS) is 4.80. The van der Waals surface area contributed by atoms with Gasteiger partial charge in [-0.15, -0.1) is 0 Å². The van der Waals surface area contributed by atoms with Gasteiger partial charge in [0.25, 0.3) is 0 Å². The molecule has 0 aromatic carbocycles. The van der Waals surface area contributed by atoms with E-state index < -0.39 is 9.17 Å². The van der Waals surface area contributed by atoms with Crippen molar-refractivity contribution in [2.75, 3.05) is 0 Å². The minimum atomic E-state index is -3.63. The van der Waals surface area contributed by atoms with E-state index >= 15 is 0 Å². The van der Waals surface area contributed by atoms with Gasteiger partial charge in [-0.2, -0.15) is 0 Å². The summed E-state index contributed by atoms with van der Waals surface area (Å²) in [7, 11) is -3.63. The van der Waals surface area contributed by atoms with E-state index in [-0.39, 0.29) is 26.2 Å². The van der Waals surface area contributed by atoms with Crippen LogP contribution in [0, 0.1) is 0 Å². The molecule has 0 unspecified atom stereocenters. The van der Waals surface area contributed by atoms with Crippen molar-refractivity contribution in [3.05, 3.63) is 0 Å². The molecule has 0 aliphatic rings. The van der Waals surface area contributed by atoms with Crippen molar-refractivity contribution in [1.82, 2.24) is 0 Å². The van der Waals surface area contributed by atoms with E-state index in [1.807, 2.05) is 0 Å². The Bertz CT molecular complexity index is 29.9. The number of hydrogen-bond acceptors (Lipinski definition) is 3. The van der Waals surface area contributed by atoms with Gasteiger partial charge < -0.3 is 14.1 Å². The van der Waals surface area contributed by atoms with E-state index in [4.69, 9.17) is 14.1 Å². The predicted molar refractivity (Wildman–Crippen MR) is 6.44 cm³/mol. The Labute approximate surface area is 49.7 Å². The molecule has 5 heavy (non-hydrogen) atoms. The largest absolute Gasteiger partial charge is 4.00 e. The monoisotopic (exact) mass is 166 g/mol. The molecule has 0 aromatic heterocycles. The topological polar surface area (TPSA) is 63.2 Å². The van der Waals surface area contributed by atoms with Crippen molar-refractivity contribution in [3.8, 4) is 0 Å². The molecule has 0 aliphatic carbocycles. The minimum absolute atomic E-state index is 0.